The lowest BCUT2D eigenvalue weighted by molar-refractivity contribution is 0.248. The van der Waals surface area contributed by atoms with Crippen LogP contribution in [0.1, 0.15) is 11.3 Å². The average Bonchev–Trinajstić information content (AvgIpc) is 2.64. The molecule has 3 aromatic rings. The Labute approximate surface area is 155 Å². The minimum Gasteiger partial charge on any atom is -0.338 e. The fourth-order valence-corrected chi connectivity index (χ4v) is 3.56. The van der Waals surface area contributed by atoms with Gasteiger partial charge in [-0.25, -0.2) is 9.97 Å². The number of anilines is 1. The molecule has 1 aliphatic rings. The standard InChI is InChI=1S/C19H20BrN5/c1-14-15(3-2-6-21-14)13-24-7-9-25(10-8-24)19-22-12-16-11-17(20)4-5-18(16)23-19/h2-6,11-12H,7-10,13H2,1H3. The molecule has 25 heavy (non-hydrogen) atoms. The third-order valence-electron chi connectivity index (χ3n) is 4.69. The number of fused-ring (bicyclic) bond motifs is 1. The van der Waals surface area contributed by atoms with Gasteiger partial charge in [-0.05, 0) is 36.8 Å². The van der Waals surface area contributed by atoms with Crippen molar-refractivity contribution < 1.29 is 0 Å². The second-order valence-corrected chi connectivity index (χ2v) is 7.30. The zero-order valence-corrected chi connectivity index (χ0v) is 15.8. The van der Waals surface area contributed by atoms with Crippen LogP contribution >= 0.6 is 15.9 Å². The van der Waals surface area contributed by atoms with Gasteiger partial charge >= 0.3 is 0 Å². The third-order valence-corrected chi connectivity index (χ3v) is 5.19. The lowest BCUT2D eigenvalue weighted by Gasteiger charge is -2.34. The Hall–Kier alpha value is -2.05. The van der Waals surface area contributed by atoms with E-state index in [-0.39, 0.29) is 0 Å². The van der Waals surface area contributed by atoms with E-state index in [1.54, 1.807) is 0 Å². The highest BCUT2D eigenvalue weighted by Crippen LogP contribution is 2.21. The first-order valence-corrected chi connectivity index (χ1v) is 9.28. The zero-order valence-electron chi connectivity index (χ0n) is 14.2. The summed E-state index contributed by atoms with van der Waals surface area (Å²) in [7, 11) is 0. The zero-order chi connectivity index (χ0) is 17.2. The van der Waals surface area contributed by atoms with Gasteiger partial charge in [0.1, 0.15) is 0 Å². The Morgan fingerprint density at radius 2 is 1.92 bits per heavy atom. The summed E-state index contributed by atoms with van der Waals surface area (Å²) in [5.74, 6) is 0.826. The van der Waals surface area contributed by atoms with Crippen molar-refractivity contribution in [3.05, 3.63) is 58.5 Å². The van der Waals surface area contributed by atoms with Crippen LogP contribution in [0, 0.1) is 6.92 Å². The van der Waals surface area contributed by atoms with Gasteiger partial charge in [0, 0.05) is 60.7 Å². The Bertz CT molecular complexity index is 890. The number of piperazine rings is 1. The second-order valence-electron chi connectivity index (χ2n) is 6.38. The van der Waals surface area contributed by atoms with Crippen molar-refractivity contribution in [2.75, 3.05) is 31.1 Å². The van der Waals surface area contributed by atoms with E-state index in [1.807, 2.05) is 36.7 Å². The van der Waals surface area contributed by atoms with Crippen LogP contribution in [0.4, 0.5) is 5.95 Å². The van der Waals surface area contributed by atoms with Crippen molar-refractivity contribution in [1.29, 1.82) is 0 Å². The predicted molar refractivity (Wildman–Crippen MR) is 104 cm³/mol. The molecule has 1 saturated heterocycles. The van der Waals surface area contributed by atoms with Crippen LogP contribution in [-0.2, 0) is 6.54 Å². The van der Waals surface area contributed by atoms with E-state index in [0.717, 1.165) is 59.7 Å². The largest absolute Gasteiger partial charge is 0.338 e. The van der Waals surface area contributed by atoms with Crippen LogP contribution < -0.4 is 4.90 Å². The Morgan fingerprint density at radius 1 is 1.08 bits per heavy atom. The van der Waals surface area contributed by atoms with Gasteiger partial charge < -0.3 is 4.90 Å². The van der Waals surface area contributed by atoms with Crippen LogP contribution in [0.2, 0.25) is 0 Å². The number of pyridine rings is 1. The van der Waals surface area contributed by atoms with Gasteiger partial charge in [0.15, 0.2) is 0 Å². The first-order valence-electron chi connectivity index (χ1n) is 8.49. The Kier molecular flexibility index (Phi) is 4.63. The molecule has 0 unspecified atom stereocenters. The summed E-state index contributed by atoms with van der Waals surface area (Å²) in [5.41, 5.74) is 3.42. The number of aromatic nitrogens is 3. The molecule has 6 heteroatoms. The van der Waals surface area contributed by atoms with E-state index in [0.29, 0.717) is 0 Å². The summed E-state index contributed by atoms with van der Waals surface area (Å²) < 4.78 is 1.05. The van der Waals surface area contributed by atoms with Gasteiger partial charge in [-0.1, -0.05) is 22.0 Å². The maximum absolute atomic E-state index is 4.73. The number of aryl methyl sites for hydroxylation is 1. The van der Waals surface area contributed by atoms with Gasteiger partial charge in [-0.15, -0.1) is 0 Å². The van der Waals surface area contributed by atoms with Crippen LogP contribution in [0.3, 0.4) is 0 Å². The predicted octanol–water partition coefficient (Wildman–Crippen LogP) is 3.42. The summed E-state index contributed by atoms with van der Waals surface area (Å²) in [6.45, 7) is 6.95. The normalized spacial score (nSPS) is 15.7. The van der Waals surface area contributed by atoms with Gasteiger partial charge in [0.05, 0.1) is 5.52 Å². The van der Waals surface area contributed by atoms with Crippen molar-refractivity contribution in [1.82, 2.24) is 19.9 Å². The Balaban J connectivity index is 1.43. The molecule has 0 spiro atoms. The molecule has 4 rings (SSSR count). The molecule has 3 heterocycles. The molecule has 0 N–H and O–H groups in total. The van der Waals surface area contributed by atoms with E-state index in [2.05, 4.69) is 48.7 Å². The van der Waals surface area contributed by atoms with E-state index in [1.165, 1.54) is 5.56 Å². The molecule has 128 valence electrons. The van der Waals surface area contributed by atoms with Gasteiger partial charge in [-0.2, -0.15) is 0 Å². The quantitative estimate of drug-likeness (QED) is 0.677. The molecular formula is C19H20BrN5. The molecule has 0 bridgehead atoms. The average molecular weight is 398 g/mol. The highest BCUT2D eigenvalue weighted by Gasteiger charge is 2.19. The molecule has 0 atom stereocenters. The van der Waals surface area contributed by atoms with E-state index >= 15 is 0 Å². The molecule has 1 aromatic carbocycles. The number of nitrogens with zero attached hydrogens (tertiary/aromatic N) is 5. The van der Waals surface area contributed by atoms with Gasteiger partial charge in [-0.3, -0.25) is 9.88 Å². The molecule has 1 aliphatic heterocycles. The lowest BCUT2D eigenvalue weighted by atomic mass is 10.2. The molecular weight excluding hydrogens is 378 g/mol. The molecule has 0 radical (unpaired) electrons. The summed E-state index contributed by atoms with van der Waals surface area (Å²) in [5, 5.41) is 1.06. The monoisotopic (exact) mass is 397 g/mol. The minimum absolute atomic E-state index is 0.826. The van der Waals surface area contributed by atoms with E-state index in [4.69, 9.17) is 4.98 Å². The van der Waals surface area contributed by atoms with Gasteiger partial charge in [0.2, 0.25) is 5.95 Å². The van der Waals surface area contributed by atoms with Crippen molar-refractivity contribution in [3.8, 4) is 0 Å². The number of benzene rings is 1. The minimum atomic E-state index is 0.826. The van der Waals surface area contributed by atoms with Crippen LogP contribution in [0.5, 0.6) is 0 Å². The lowest BCUT2D eigenvalue weighted by Crippen LogP contribution is -2.46. The van der Waals surface area contributed by atoms with Crippen molar-refractivity contribution >= 4 is 32.8 Å². The summed E-state index contributed by atoms with van der Waals surface area (Å²) >= 11 is 3.49. The molecule has 2 aromatic heterocycles. The maximum Gasteiger partial charge on any atom is 0.225 e. The number of rotatable bonds is 3. The van der Waals surface area contributed by atoms with Crippen molar-refractivity contribution in [3.63, 3.8) is 0 Å². The van der Waals surface area contributed by atoms with Gasteiger partial charge in [0.25, 0.3) is 0 Å². The SMILES string of the molecule is Cc1ncccc1CN1CCN(c2ncc3cc(Br)ccc3n2)CC1. The molecule has 0 aliphatic carbocycles. The first kappa shape index (κ1) is 16.4. The highest BCUT2D eigenvalue weighted by atomic mass is 79.9. The second kappa shape index (κ2) is 7.06. The summed E-state index contributed by atoms with van der Waals surface area (Å²) in [6.07, 6.45) is 3.76. The summed E-state index contributed by atoms with van der Waals surface area (Å²) in [4.78, 5) is 18.4. The summed E-state index contributed by atoms with van der Waals surface area (Å²) in [6, 6.07) is 10.3. The maximum atomic E-state index is 4.73. The van der Waals surface area contributed by atoms with Crippen LogP contribution in [0.25, 0.3) is 10.9 Å². The van der Waals surface area contributed by atoms with Crippen molar-refractivity contribution in [2.45, 2.75) is 13.5 Å². The fourth-order valence-electron chi connectivity index (χ4n) is 3.18. The van der Waals surface area contributed by atoms with Crippen molar-refractivity contribution in [2.24, 2.45) is 0 Å². The van der Waals surface area contributed by atoms with Crippen LogP contribution in [0.15, 0.2) is 47.2 Å². The van der Waals surface area contributed by atoms with E-state index < -0.39 is 0 Å². The highest BCUT2D eigenvalue weighted by molar-refractivity contribution is 9.10. The molecule has 1 fully saturated rings. The topological polar surface area (TPSA) is 45.2 Å². The molecule has 0 saturated carbocycles. The molecule has 5 nitrogen and oxygen atoms in total. The smallest absolute Gasteiger partial charge is 0.225 e. The number of halogens is 1. The number of hydrogen-bond donors (Lipinski definition) is 0. The van der Waals surface area contributed by atoms with E-state index in [9.17, 15) is 0 Å². The fraction of sp³-hybridized carbons (Fsp3) is 0.316. The first-order chi connectivity index (χ1) is 12.2. The number of hydrogen-bond acceptors (Lipinski definition) is 5. The molecule has 0 amide bonds. The van der Waals surface area contributed by atoms with Crippen LogP contribution in [-0.4, -0.2) is 46.0 Å². The third kappa shape index (κ3) is 3.65. The Morgan fingerprint density at radius 3 is 2.72 bits per heavy atom.